The molecule has 1 N–H and O–H groups in total. The number of carbonyl (C=O) groups excluding carboxylic acids is 2. The summed E-state index contributed by atoms with van der Waals surface area (Å²) in [5, 5.41) is 3.17. The summed E-state index contributed by atoms with van der Waals surface area (Å²) >= 11 is 9.36. The Labute approximate surface area is 140 Å². The zero-order valence-electron chi connectivity index (χ0n) is 12.0. The standard InChI is InChI=1S/C14H13BrClNO5/c1-14(2)21-12(18)8(13(19)22-14)6-17-7-4-9(15)11(20-3)10(16)5-7/h4-6,17H,1-3H3. The molecule has 1 aliphatic rings. The van der Waals surface area contributed by atoms with Crippen molar-refractivity contribution in [1.82, 2.24) is 0 Å². The number of esters is 2. The quantitative estimate of drug-likeness (QED) is 0.485. The third-order valence-corrected chi connectivity index (χ3v) is 3.57. The second kappa shape index (κ2) is 6.18. The molecule has 0 radical (unpaired) electrons. The summed E-state index contributed by atoms with van der Waals surface area (Å²) in [6.45, 7) is 2.96. The van der Waals surface area contributed by atoms with Crippen LogP contribution < -0.4 is 10.1 Å². The normalized spacial score (nSPS) is 16.7. The lowest BCUT2D eigenvalue weighted by Crippen LogP contribution is -2.42. The number of hydrogen-bond acceptors (Lipinski definition) is 6. The molecular formula is C14H13BrClNO5. The van der Waals surface area contributed by atoms with Gasteiger partial charge in [-0.2, -0.15) is 0 Å². The van der Waals surface area contributed by atoms with Crippen molar-refractivity contribution < 1.29 is 23.8 Å². The van der Waals surface area contributed by atoms with Crippen molar-refractivity contribution in [1.29, 1.82) is 0 Å². The van der Waals surface area contributed by atoms with E-state index >= 15 is 0 Å². The van der Waals surface area contributed by atoms with Gasteiger partial charge in [-0.15, -0.1) is 0 Å². The molecule has 1 aromatic rings. The number of anilines is 1. The van der Waals surface area contributed by atoms with Gasteiger partial charge in [-0.3, -0.25) is 0 Å². The van der Waals surface area contributed by atoms with Crippen molar-refractivity contribution in [3.05, 3.63) is 33.4 Å². The second-order valence-electron chi connectivity index (χ2n) is 4.85. The van der Waals surface area contributed by atoms with E-state index in [0.717, 1.165) is 0 Å². The Kier molecular flexibility index (Phi) is 4.67. The van der Waals surface area contributed by atoms with Crippen LogP contribution >= 0.6 is 27.5 Å². The van der Waals surface area contributed by atoms with E-state index in [1.807, 2.05) is 0 Å². The second-order valence-corrected chi connectivity index (χ2v) is 6.12. The van der Waals surface area contributed by atoms with Gasteiger partial charge in [-0.05, 0) is 28.1 Å². The number of benzene rings is 1. The molecular weight excluding hydrogens is 378 g/mol. The fourth-order valence-corrected chi connectivity index (χ4v) is 2.80. The van der Waals surface area contributed by atoms with Crippen LogP contribution in [0.1, 0.15) is 13.8 Å². The largest absolute Gasteiger partial charge is 0.494 e. The highest BCUT2D eigenvalue weighted by Gasteiger charge is 2.38. The number of ether oxygens (including phenoxy) is 3. The Morgan fingerprint density at radius 3 is 2.36 bits per heavy atom. The minimum absolute atomic E-state index is 0.234. The van der Waals surface area contributed by atoms with E-state index < -0.39 is 17.7 Å². The van der Waals surface area contributed by atoms with Crippen LogP contribution in [0, 0.1) is 0 Å². The molecule has 0 saturated carbocycles. The molecule has 22 heavy (non-hydrogen) atoms. The smallest absolute Gasteiger partial charge is 0.350 e. The third-order valence-electron chi connectivity index (χ3n) is 2.70. The number of methoxy groups -OCH3 is 1. The first kappa shape index (κ1) is 16.6. The average molecular weight is 391 g/mol. The highest BCUT2D eigenvalue weighted by molar-refractivity contribution is 9.10. The zero-order valence-corrected chi connectivity index (χ0v) is 14.4. The summed E-state index contributed by atoms with van der Waals surface area (Å²) < 4.78 is 15.7. The number of rotatable bonds is 3. The third kappa shape index (κ3) is 3.53. The molecule has 0 unspecified atom stereocenters. The lowest BCUT2D eigenvalue weighted by atomic mass is 10.2. The van der Waals surface area contributed by atoms with E-state index in [1.54, 1.807) is 12.1 Å². The Bertz CT molecular complexity index is 626. The molecule has 1 fully saturated rings. The lowest BCUT2D eigenvalue weighted by molar-refractivity contribution is -0.222. The van der Waals surface area contributed by atoms with Crippen molar-refractivity contribution in [2.24, 2.45) is 0 Å². The van der Waals surface area contributed by atoms with Gasteiger partial charge in [0.25, 0.3) is 5.79 Å². The molecule has 0 amide bonds. The summed E-state index contributed by atoms with van der Waals surface area (Å²) in [4.78, 5) is 23.6. The molecule has 0 aliphatic carbocycles. The van der Waals surface area contributed by atoms with E-state index in [4.69, 9.17) is 25.8 Å². The van der Waals surface area contributed by atoms with E-state index in [2.05, 4.69) is 21.2 Å². The molecule has 1 aromatic carbocycles. The Morgan fingerprint density at radius 1 is 1.27 bits per heavy atom. The van der Waals surface area contributed by atoms with Crippen LogP contribution in [0.2, 0.25) is 5.02 Å². The van der Waals surface area contributed by atoms with Crippen LogP contribution in [0.5, 0.6) is 5.75 Å². The molecule has 118 valence electrons. The van der Waals surface area contributed by atoms with Gasteiger partial charge in [0, 0.05) is 25.7 Å². The average Bonchev–Trinajstić information content (AvgIpc) is 2.35. The fourth-order valence-electron chi connectivity index (χ4n) is 1.77. The summed E-state index contributed by atoms with van der Waals surface area (Å²) in [7, 11) is 1.50. The molecule has 0 spiro atoms. The van der Waals surface area contributed by atoms with Gasteiger partial charge in [-0.25, -0.2) is 9.59 Å². The first-order chi connectivity index (χ1) is 10.2. The van der Waals surface area contributed by atoms with E-state index in [0.29, 0.717) is 20.9 Å². The van der Waals surface area contributed by atoms with Crippen LogP contribution in [0.25, 0.3) is 0 Å². The molecule has 6 nitrogen and oxygen atoms in total. The maximum absolute atomic E-state index is 11.8. The summed E-state index contributed by atoms with van der Waals surface area (Å²) in [5.74, 6) is -2.30. The lowest BCUT2D eigenvalue weighted by Gasteiger charge is -2.29. The Balaban J connectivity index is 2.22. The number of halogens is 2. The van der Waals surface area contributed by atoms with Crippen molar-refractivity contribution in [3.8, 4) is 5.75 Å². The van der Waals surface area contributed by atoms with Gasteiger partial charge < -0.3 is 19.5 Å². The summed E-state index contributed by atoms with van der Waals surface area (Å²) in [6, 6.07) is 3.27. The fraction of sp³-hybridized carbons (Fsp3) is 0.286. The van der Waals surface area contributed by atoms with Crippen molar-refractivity contribution in [2.45, 2.75) is 19.6 Å². The van der Waals surface area contributed by atoms with Crippen molar-refractivity contribution in [2.75, 3.05) is 12.4 Å². The monoisotopic (exact) mass is 389 g/mol. The first-order valence-electron chi connectivity index (χ1n) is 6.20. The van der Waals surface area contributed by atoms with E-state index in [9.17, 15) is 9.59 Å². The van der Waals surface area contributed by atoms with Crippen LogP contribution in [0.3, 0.4) is 0 Å². The van der Waals surface area contributed by atoms with E-state index in [1.165, 1.54) is 27.2 Å². The minimum atomic E-state index is -1.27. The van der Waals surface area contributed by atoms with Crippen LogP contribution in [-0.2, 0) is 19.1 Å². The Morgan fingerprint density at radius 2 is 1.86 bits per heavy atom. The number of carbonyl (C=O) groups is 2. The maximum atomic E-state index is 11.8. The van der Waals surface area contributed by atoms with Gasteiger partial charge in [0.05, 0.1) is 16.6 Å². The molecule has 0 bridgehead atoms. The Hall–Kier alpha value is -1.73. The van der Waals surface area contributed by atoms with E-state index in [-0.39, 0.29) is 5.57 Å². The van der Waals surface area contributed by atoms with Crippen LogP contribution in [0.15, 0.2) is 28.4 Å². The summed E-state index contributed by atoms with van der Waals surface area (Å²) in [5.41, 5.74) is 0.318. The van der Waals surface area contributed by atoms with Gasteiger partial charge in [-0.1, -0.05) is 11.6 Å². The highest BCUT2D eigenvalue weighted by atomic mass is 79.9. The van der Waals surface area contributed by atoms with Gasteiger partial charge >= 0.3 is 11.9 Å². The number of cyclic esters (lactones) is 2. The minimum Gasteiger partial charge on any atom is -0.494 e. The molecule has 0 aromatic heterocycles. The molecule has 2 rings (SSSR count). The molecule has 1 saturated heterocycles. The number of nitrogens with one attached hydrogen (secondary N) is 1. The zero-order chi connectivity index (χ0) is 16.5. The van der Waals surface area contributed by atoms with Gasteiger partial charge in [0.1, 0.15) is 0 Å². The van der Waals surface area contributed by atoms with Crippen molar-refractivity contribution in [3.63, 3.8) is 0 Å². The SMILES string of the molecule is COc1c(Cl)cc(NC=C2C(=O)OC(C)(C)OC2=O)cc1Br. The van der Waals surface area contributed by atoms with Crippen LogP contribution in [0.4, 0.5) is 5.69 Å². The highest BCUT2D eigenvalue weighted by Crippen LogP contribution is 2.36. The van der Waals surface area contributed by atoms with Gasteiger partial charge in [0.2, 0.25) is 0 Å². The van der Waals surface area contributed by atoms with Crippen molar-refractivity contribution >= 4 is 45.2 Å². The first-order valence-corrected chi connectivity index (χ1v) is 7.37. The predicted molar refractivity (Wildman–Crippen MR) is 83.7 cm³/mol. The van der Waals surface area contributed by atoms with Gasteiger partial charge in [0.15, 0.2) is 11.3 Å². The summed E-state index contributed by atoms with van der Waals surface area (Å²) in [6.07, 6.45) is 1.21. The number of hydrogen-bond donors (Lipinski definition) is 1. The molecule has 1 aliphatic heterocycles. The van der Waals surface area contributed by atoms with Crippen LogP contribution in [-0.4, -0.2) is 24.8 Å². The molecule has 0 atom stereocenters. The molecule has 8 heteroatoms. The topological polar surface area (TPSA) is 73.9 Å². The molecule has 1 heterocycles. The maximum Gasteiger partial charge on any atom is 0.350 e. The predicted octanol–water partition coefficient (Wildman–Crippen LogP) is 3.24.